The number of amides is 1. The van der Waals surface area contributed by atoms with Crippen molar-refractivity contribution in [2.24, 2.45) is 0 Å². The first kappa shape index (κ1) is 38.2. The third kappa shape index (κ3) is 8.84. The average molecular weight is 755 g/mol. The number of rotatable bonds is 14. The Morgan fingerprint density at radius 1 is 0.981 bits per heavy atom. The van der Waals surface area contributed by atoms with Gasteiger partial charge in [0, 0.05) is 67.1 Å². The summed E-state index contributed by atoms with van der Waals surface area (Å²) in [6.07, 6.45) is -1.41. The van der Waals surface area contributed by atoms with E-state index in [2.05, 4.69) is 25.9 Å². The van der Waals surface area contributed by atoms with Gasteiger partial charge in [0.15, 0.2) is 0 Å². The van der Waals surface area contributed by atoms with Gasteiger partial charge in [0.2, 0.25) is 23.5 Å². The number of halogens is 4. The molecule has 1 amide bonds. The zero-order valence-electron chi connectivity index (χ0n) is 29.6. The highest BCUT2D eigenvalue weighted by atomic mass is 35.5. The summed E-state index contributed by atoms with van der Waals surface area (Å²) in [5.74, 6) is -0.0718. The van der Waals surface area contributed by atoms with Gasteiger partial charge < -0.3 is 35.3 Å². The van der Waals surface area contributed by atoms with E-state index in [0.29, 0.717) is 66.6 Å². The number of alkyl halides is 3. The number of pyridine rings is 3. The van der Waals surface area contributed by atoms with Crippen molar-refractivity contribution in [3.05, 3.63) is 81.5 Å². The molecule has 0 unspecified atom stereocenters. The van der Waals surface area contributed by atoms with Crippen molar-refractivity contribution in [1.82, 2.24) is 30.9 Å². The molecular weight excluding hydrogens is 713 g/mol. The molecule has 2 aliphatic rings. The predicted molar refractivity (Wildman–Crippen MR) is 193 cm³/mol. The van der Waals surface area contributed by atoms with Crippen molar-refractivity contribution < 1.29 is 37.3 Å². The van der Waals surface area contributed by atoms with Crippen LogP contribution in [0, 0.1) is 0 Å². The molecule has 1 aromatic carbocycles. The number of nitrogens with one attached hydrogen (secondary N) is 3. The molecule has 1 aliphatic heterocycles. The van der Waals surface area contributed by atoms with E-state index >= 15 is 0 Å². The van der Waals surface area contributed by atoms with Crippen molar-refractivity contribution >= 4 is 17.5 Å². The Labute approximate surface area is 310 Å². The van der Waals surface area contributed by atoms with Crippen molar-refractivity contribution in [2.75, 3.05) is 27.3 Å². The zero-order chi connectivity index (χ0) is 37.7. The minimum Gasteiger partial charge on any atom is -0.481 e. The molecule has 15 heteroatoms. The highest BCUT2D eigenvalue weighted by Gasteiger charge is 2.38. The topological polar surface area (TPSA) is 140 Å². The molecule has 0 saturated carbocycles. The molecule has 282 valence electrons. The van der Waals surface area contributed by atoms with Crippen LogP contribution in [0.4, 0.5) is 13.2 Å². The molecule has 1 saturated heterocycles. The monoisotopic (exact) mass is 754 g/mol. The third-order valence-electron chi connectivity index (χ3n) is 9.33. The summed E-state index contributed by atoms with van der Waals surface area (Å²) in [6.45, 7) is 2.90. The number of benzene rings is 1. The summed E-state index contributed by atoms with van der Waals surface area (Å²) < 4.78 is 60.3. The van der Waals surface area contributed by atoms with E-state index in [1.165, 1.54) is 7.11 Å². The number of ether oxygens (including phenoxy) is 3. The lowest BCUT2D eigenvalue weighted by Gasteiger charge is -2.29. The van der Waals surface area contributed by atoms with E-state index in [9.17, 15) is 23.1 Å². The van der Waals surface area contributed by atoms with Crippen molar-refractivity contribution in [1.29, 1.82) is 0 Å². The summed E-state index contributed by atoms with van der Waals surface area (Å²) in [5.41, 5.74) is 4.09. The van der Waals surface area contributed by atoms with E-state index in [0.717, 1.165) is 34.7 Å². The largest absolute Gasteiger partial charge is 0.481 e. The fourth-order valence-corrected chi connectivity index (χ4v) is 7.10. The molecule has 0 spiro atoms. The van der Waals surface area contributed by atoms with Gasteiger partial charge in [-0.3, -0.25) is 9.78 Å². The smallest absolute Gasteiger partial charge is 0.421 e. The van der Waals surface area contributed by atoms with Crippen molar-refractivity contribution in [2.45, 2.75) is 76.5 Å². The van der Waals surface area contributed by atoms with Crippen LogP contribution >= 0.6 is 11.6 Å². The maximum absolute atomic E-state index is 14.4. The van der Waals surface area contributed by atoms with Gasteiger partial charge >= 0.3 is 6.18 Å². The Hall–Kier alpha value is -4.50. The summed E-state index contributed by atoms with van der Waals surface area (Å²) >= 11 is 7.07. The van der Waals surface area contributed by atoms with Crippen LogP contribution in [0.15, 0.2) is 48.7 Å². The average Bonchev–Trinajstić information content (AvgIpc) is 3.56. The molecule has 3 atom stereocenters. The Kier molecular flexibility index (Phi) is 12.0. The quantitative estimate of drug-likeness (QED) is 0.118. The van der Waals surface area contributed by atoms with Crippen LogP contribution in [0.2, 0.25) is 5.02 Å². The lowest BCUT2D eigenvalue weighted by Crippen LogP contribution is -2.35. The number of nitrogens with zero attached hydrogens (tertiary/aromatic N) is 3. The molecule has 4 heterocycles. The second-order valence-corrected chi connectivity index (χ2v) is 13.6. The van der Waals surface area contributed by atoms with E-state index in [-0.39, 0.29) is 36.5 Å². The molecule has 0 bridgehead atoms. The van der Waals surface area contributed by atoms with Gasteiger partial charge in [-0.15, -0.1) is 0 Å². The highest BCUT2D eigenvalue weighted by Crippen LogP contribution is 2.44. The van der Waals surface area contributed by atoms with Gasteiger partial charge in [0.1, 0.15) is 11.7 Å². The number of hydrogen-bond acceptors (Lipinski definition) is 10. The summed E-state index contributed by atoms with van der Waals surface area (Å²) in [7, 11) is 2.89. The molecule has 3 aromatic heterocycles. The minimum atomic E-state index is -4.75. The third-order valence-corrected chi connectivity index (χ3v) is 9.71. The SMILES string of the molecule is COc1nc(-c2ccnc(-c3cccc4c3CCC[C@H]4Oc3nc(OC)c(CNC[C@@H](C)O)cc3C(F)(F)F)c2Cl)ccc1CNC[C@@H]1CCC(=O)N1. The van der Waals surface area contributed by atoms with Crippen LogP contribution in [0.5, 0.6) is 17.6 Å². The number of carbonyl (C=O) groups is 1. The molecule has 1 aliphatic carbocycles. The fraction of sp³-hybridized carbons (Fsp3) is 0.421. The maximum Gasteiger partial charge on any atom is 0.421 e. The molecule has 4 aromatic rings. The number of methoxy groups -OCH3 is 2. The van der Waals surface area contributed by atoms with E-state index < -0.39 is 29.8 Å². The van der Waals surface area contributed by atoms with Crippen LogP contribution < -0.4 is 30.2 Å². The molecule has 11 nitrogen and oxygen atoms in total. The maximum atomic E-state index is 14.4. The number of aliphatic hydroxyl groups excluding tert-OH is 1. The van der Waals surface area contributed by atoms with Gasteiger partial charge in [0.25, 0.3) is 0 Å². The van der Waals surface area contributed by atoms with Crippen LogP contribution in [0.1, 0.15) is 66.5 Å². The number of aromatic nitrogens is 3. The molecule has 53 heavy (non-hydrogen) atoms. The van der Waals surface area contributed by atoms with Gasteiger partial charge in [-0.2, -0.15) is 18.2 Å². The summed E-state index contributed by atoms with van der Waals surface area (Å²) in [5, 5.41) is 19.2. The molecule has 1 fully saturated rings. The normalized spacial score (nSPS) is 17.6. The Balaban J connectivity index is 1.27. The van der Waals surface area contributed by atoms with Crippen LogP contribution in [-0.2, 0) is 30.5 Å². The lowest BCUT2D eigenvalue weighted by atomic mass is 9.85. The summed E-state index contributed by atoms with van der Waals surface area (Å²) in [4.78, 5) is 25.1. The van der Waals surface area contributed by atoms with Crippen LogP contribution in [0.3, 0.4) is 0 Å². The van der Waals surface area contributed by atoms with Crippen molar-refractivity contribution in [3.63, 3.8) is 0 Å². The van der Waals surface area contributed by atoms with E-state index in [4.69, 9.17) is 30.8 Å². The first-order chi connectivity index (χ1) is 25.5. The molecular formula is C38H42ClF3N6O5. The Morgan fingerprint density at radius 2 is 1.75 bits per heavy atom. The fourth-order valence-electron chi connectivity index (χ4n) is 6.79. The first-order valence-corrected chi connectivity index (χ1v) is 17.9. The molecule has 4 N–H and O–H groups in total. The summed E-state index contributed by atoms with van der Waals surface area (Å²) in [6, 6.07) is 12.2. The van der Waals surface area contributed by atoms with E-state index in [1.54, 1.807) is 26.3 Å². The number of carbonyl (C=O) groups excluding carboxylic acids is 1. The zero-order valence-corrected chi connectivity index (χ0v) is 30.4. The van der Waals surface area contributed by atoms with Gasteiger partial charge in [0.05, 0.1) is 36.7 Å². The molecule has 0 radical (unpaired) electrons. The second-order valence-electron chi connectivity index (χ2n) is 13.2. The Bertz CT molecular complexity index is 1950. The number of fused-ring (bicyclic) bond motifs is 1. The lowest BCUT2D eigenvalue weighted by molar-refractivity contribution is -0.139. The minimum absolute atomic E-state index is 0.00252. The number of hydrogen-bond donors (Lipinski definition) is 4. The predicted octanol–water partition coefficient (Wildman–Crippen LogP) is 6.19. The van der Waals surface area contributed by atoms with Gasteiger partial charge in [-0.1, -0.05) is 35.9 Å². The van der Waals surface area contributed by atoms with Crippen LogP contribution in [-0.4, -0.2) is 65.4 Å². The molecule has 6 rings (SSSR count). The van der Waals surface area contributed by atoms with Crippen LogP contribution in [0.25, 0.3) is 22.5 Å². The standard InChI is InChI=1S/C38H42ClF3N6O5/c1-21(49)17-43-19-23-16-29(38(40,41)42)37(48-36(23)52-3)53-31-9-5-6-25-26(31)7-4-8-27(25)34-33(39)28(14-15-45-34)30-12-10-22(35(47-30)51-2)18-44-20-24-11-13-32(50)46-24/h4,7-8,10,12,14-16,21,24,31,43-44,49H,5-6,9,11,13,17-20H2,1-3H3,(H,46,50)/t21-,24+,31-/m1/s1. The Morgan fingerprint density at radius 3 is 2.47 bits per heavy atom. The van der Waals surface area contributed by atoms with Gasteiger partial charge in [-0.25, -0.2) is 4.98 Å². The number of aliphatic hydroxyl groups is 1. The van der Waals surface area contributed by atoms with Crippen molar-refractivity contribution in [3.8, 4) is 40.2 Å². The first-order valence-electron chi connectivity index (χ1n) is 17.5. The van der Waals surface area contributed by atoms with Gasteiger partial charge in [-0.05, 0) is 61.9 Å². The second kappa shape index (κ2) is 16.7. The highest BCUT2D eigenvalue weighted by molar-refractivity contribution is 6.35. The van der Waals surface area contributed by atoms with E-state index in [1.807, 2.05) is 30.3 Å².